The van der Waals surface area contributed by atoms with Crippen LogP contribution >= 0.6 is 0 Å². The number of ether oxygens (including phenoxy) is 2. The molecule has 2 heterocycles. The summed E-state index contributed by atoms with van der Waals surface area (Å²) in [5.41, 5.74) is 1.52. The van der Waals surface area contributed by atoms with Crippen molar-refractivity contribution in [2.24, 2.45) is 0 Å². The fraction of sp³-hybridized carbons (Fsp3) is 0.500. The number of para-hydroxylation sites is 1. The minimum absolute atomic E-state index is 0.00222. The van der Waals surface area contributed by atoms with Crippen molar-refractivity contribution >= 4 is 11.9 Å². The fourth-order valence-corrected chi connectivity index (χ4v) is 3.80. The van der Waals surface area contributed by atoms with Crippen molar-refractivity contribution in [2.75, 3.05) is 26.3 Å². The molecule has 154 valence electrons. The zero-order chi connectivity index (χ0) is 20.2. The molecule has 7 nitrogen and oxygen atoms in total. The number of amides is 1. The molecule has 4 rings (SSSR count). The molecule has 1 saturated carbocycles. The molecule has 2 aliphatic rings. The molecule has 1 amide bonds. The highest BCUT2D eigenvalue weighted by Gasteiger charge is 2.33. The molecule has 2 aromatic rings. The lowest BCUT2D eigenvalue weighted by Gasteiger charge is -2.32. The Kier molecular flexibility index (Phi) is 5.83. The molecule has 1 aromatic heterocycles. The standard InChI is InChI=1S/C22H27N3O4/c1-2-28-22(27)19-14-20(16-8-9-16)25(23-19)17-10-12-24(13-11-17)21(26)15-29-18-6-4-3-5-7-18/h3-7,14,16-17H,2,8-13,15H2,1H3. The summed E-state index contributed by atoms with van der Waals surface area (Å²) in [6, 6.07) is 11.5. The fourth-order valence-electron chi connectivity index (χ4n) is 3.80. The minimum Gasteiger partial charge on any atom is -0.484 e. The SMILES string of the molecule is CCOC(=O)c1cc(C2CC2)n(C2CCN(C(=O)COc3ccccc3)CC2)n1. The van der Waals surface area contributed by atoms with Gasteiger partial charge in [-0.05, 0) is 50.8 Å². The summed E-state index contributed by atoms with van der Waals surface area (Å²) >= 11 is 0. The van der Waals surface area contributed by atoms with E-state index in [0.29, 0.717) is 37.1 Å². The maximum atomic E-state index is 12.5. The Morgan fingerprint density at radius 3 is 2.48 bits per heavy atom. The largest absolute Gasteiger partial charge is 0.484 e. The minimum atomic E-state index is -0.362. The first-order chi connectivity index (χ1) is 14.2. The van der Waals surface area contributed by atoms with Crippen molar-refractivity contribution in [2.45, 2.75) is 44.6 Å². The van der Waals surface area contributed by atoms with Crippen LogP contribution in [-0.2, 0) is 9.53 Å². The number of piperidine rings is 1. The van der Waals surface area contributed by atoms with Gasteiger partial charge >= 0.3 is 5.97 Å². The van der Waals surface area contributed by atoms with Gasteiger partial charge in [-0.2, -0.15) is 5.10 Å². The molecule has 29 heavy (non-hydrogen) atoms. The van der Waals surface area contributed by atoms with E-state index < -0.39 is 0 Å². The second-order valence-corrected chi connectivity index (χ2v) is 7.61. The van der Waals surface area contributed by atoms with Gasteiger partial charge in [0, 0.05) is 24.7 Å². The molecule has 1 aromatic carbocycles. The van der Waals surface area contributed by atoms with Crippen molar-refractivity contribution in [3.63, 3.8) is 0 Å². The maximum Gasteiger partial charge on any atom is 0.358 e. The number of aromatic nitrogens is 2. The Labute approximate surface area is 170 Å². The highest BCUT2D eigenvalue weighted by atomic mass is 16.5. The summed E-state index contributed by atoms with van der Waals surface area (Å²) in [6.07, 6.45) is 3.92. The normalized spacial score (nSPS) is 17.2. The van der Waals surface area contributed by atoms with Gasteiger partial charge in [0.25, 0.3) is 5.91 Å². The van der Waals surface area contributed by atoms with Gasteiger partial charge in [0.05, 0.1) is 12.6 Å². The van der Waals surface area contributed by atoms with Gasteiger partial charge in [-0.25, -0.2) is 4.79 Å². The van der Waals surface area contributed by atoms with Crippen molar-refractivity contribution in [1.82, 2.24) is 14.7 Å². The maximum absolute atomic E-state index is 12.5. The van der Waals surface area contributed by atoms with E-state index in [0.717, 1.165) is 31.4 Å². The molecule has 1 aliphatic heterocycles. The summed E-state index contributed by atoms with van der Waals surface area (Å²) in [4.78, 5) is 26.4. The number of likely N-dealkylation sites (tertiary alicyclic amines) is 1. The molecule has 0 spiro atoms. The van der Waals surface area contributed by atoms with Gasteiger partial charge in [-0.1, -0.05) is 18.2 Å². The van der Waals surface area contributed by atoms with Crippen LogP contribution in [-0.4, -0.2) is 52.9 Å². The first kappa shape index (κ1) is 19.5. The molecule has 0 unspecified atom stereocenters. The Morgan fingerprint density at radius 2 is 1.83 bits per heavy atom. The van der Waals surface area contributed by atoms with Crippen molar-refractivity contribution < 1.29 is 19.1 Å². The van der Waals surface area contributed by atoms with Crippen LogP contribution < -0.4 is 4.74 Å². The summed E-state index contributed by atoms with van der Waals surface area (Å²) < 4.78 is 12.7. The van der Waals surface area contributed by atoms with Crippen LogP contribution in [0.5, 0.6) is 5.75 Å². The average molecular weight is 397 g/mol. The van der Waals surface area contributed by atoms with Crippen LogP contribution in [0.1, 0.15) is 60.7 Å². The zero-order valence-corrected chi connectivity index (χ0v) is 16.8. The van der Waals surface area contributed by atoms with Crippen molar-refractivity contribution in [3.8, 4) is 5.75 Å². The molecule has 0 bridgehead atoms. The van der Waals surface area contributed by atoms with Gasteiger partial charge < -0.3 is 14.4 Å². The third-order valence-electron chi connectivity index (χ3n) is 5.51. The second-order valence-electron chi connectivity index (χ2n) is 7.61. The summed E-state index contributed by atoms with van der Waals surface area (Å²) in [5, 5.41) is 4.57. The smallest absolute Gasteiger partial charge is 0.358 e. The van der Waals surface area contributed by atoms with E-state index in [1.54, 1.807) is 6.92 Å². The lowest BCUT2D eigenvalue weighted by Crippen LogP contribution is -2.41. The highest BCUT2D eigenvalue weighted by molar-refractivity contribution is 5.87. The molecule has 0 atom stereocenters. The zero-order valence-electron chi connectivity index (χ0n) is 16.8. The summed E-state index contributed by atoms with van der Waals surface area (Å²) in [5.74, 6) is 0.832. The van der Waals surface area contributed by atoms with Crippen LogP contribution in [0.15, 0.2) is 36.4 Å². The molecule has 0 N–H and O–H groups in total. The van der Waals surface area contributed by atoms with E-state index in [1.165, 1.54) is 0 Å². The number of nitrogens with zero attached hydrogens (tertiary/aromatic N) is 3. The van der Waals surface area contributed by atoms with Crippen LogP contribution in [0.25, 0.3) is 0 Å². The van der Waals surface area contributed by atoms with Gasteiger partial charge in [-0.3, -0.25) is 9.48 Å². The highest BCUT2D eigenvalue weighted by Crippen LogP contribution is 2.42. The molecule has 1 saturated heterocycles. The van der Waals surface area contributed by atoms with E-state index in [4.69, 9.17) is 9.47 Å². The lowest BCUT2D eigenvalue weighted by atomic mass is 10.0. The monoisotopic (exact) mass is 397 g/mol. The third kappa shape index (κ3) is 4.60. The van der Waals surface area contributed by atoms with E-state index >= 15 is 0 Å². The molecule has 2 fully saturated rings. The molecule has 7 heteroatoms. The van der Waals surface area contributed by atoms with Crippen molar-refractivity contribution in [3.05, 3.63) is 47.8 Å². The van der Waals surface area contributed by atoms with Crippen LogP contribution in [0.4, 0.5) is 0 Å². The van der Waals surface area contributed by atoms with Crippen LogP contribution in [0, 0.1) is 0 Å². The van der Waals surface area contributed by atoms with E-state index in [2.05, 4.69) is 5.10 Å². The average Bonchev–Trinajstić information content (AvgIpc) is 3.51. The molecule has 0 radical (unpaired) electrons. The van der Waals surface area contributed by atoms with Gasteiger partial charge in [-0.15, -0.1) is 0 Å². The Bertz CT molecular complexity index is 852. The van der Waals surface area contributed by atoms with E-state index in [9.17, 15) is 9.59 Å². The van der Waals surface area contributed by atoms with Crippen LogP contribution in [0.2, 0.25) is 0 Å². The second kappa shape index (κ2) is 8.68. The first-order valence-electron chi connectivity index (χ1n) is 10.4. The number of esters is 1. The molecular formula is C22H27N3O4. The third-order valence-corrected chi connectivity index (χ3v) is 5.51. The predicted molar refractivity (Wildman–Crippen MR) is 107 cm³/mol. The van der Waals surface area contributed by atoms with E-state index in [1.807, 2.05) is 46.0 Å². The number of benzene rings is 1. The quantitative estimate of drug-likeness (QED) is 0.671. The molecular weight excluding hydrogens is 370 g/mol. The topological polar surface area (TPSA) is 73.7 Å². The molecule has 1 aliphatic carbocycles. The van der Waals surface area contributed by atoms with Gasteiger partial charge in [0.1, 0.15) is 5.75 Å². The Hall–Kier alpha value is -2.83. The first-order valence-corrected chi connectivity index (χ1v) is 10.4. The van der Waals surface area contributed by atoms with Gasteiger partial charge in [0.15, 0.2) is 12.3 Å². The van der Waals surface area contributed by atoms with Crippen LogP contribution in [0.3, 0.4) is 0 Å². The number of carbonyl (C=O) groups excluding carboxylic acids is 2. The summed E-state index contributed by atoms with van der Waals surface area (Å²) in [7, 11) is 0. The number of hydrogen-bond acceptors (Lipinski definition) is 5. The van der Waals surface area contributed by atoms with E-state index in [-0.39, 0.29) is 24.5 Å². The van der Waals surface area contributed by atoms with Gasteiger partial charge in [0.2, 0.25) is 0 Å². The number of rotatable bonds is 7. The number of carbonyl (C=O) groups is 2. The number of hydrogen-bond donors (Lipinski definition) is 0. The summed E-state index contributed by atoms with van der Waals surface area (Å²) in [6.45, 7) is 3.53. The lowest BCUT2D eigenvalue weighted by molar-refractivity contribution is -0.134. The Morgan fingerprint density at radius 1 is 1.10 bits per heavy atom. The predicted octanol–water partition coefficient (Wildman–Crippen LogP) is 3.18. The Balaban J connectivity index is 1.35. The van der Waals surface area contributed by atoms with Crippen molar-refractivity contribution in [1.29, 1.82) is 0 Å².